The Morgan fingerprint density at radius 3 is 2.56 bits per heavy atom. The van der Waals surface area contributed by atoms with Gasteiger partial charge in [-0.2, -0.15) is 0 Å². The molecule has 0 aromatic rings. The molecule has 0 spiro atoms. The summed E-state index contributed by atoms with van der Waals surface area (Å²) in [5, 5.41) is -0.422. The van der Waals surface area contributed by atoms with Crippen molar-refractivity contribution in [2.24, 2.45) is 4.40 Å². The Labute approximate surface area is 66.8 Å². The van der Waals surface area contributed by atoms with Gasteiger partial charge in [0, 0.05) is 0 Å². The molecule has 2 nitrogen and oxygen atoms in total. The van der Waals surface area contributed by atoms with Crippen LogP contribution >= 0.6 is 35.1 Å². The fraction of sp³-hybridized carbons (Fsp3) is 0.500. The molecule has 2 atom stereocenters. The Morgan fingerprint density at radius 1 is 1.67 bits per heavy atom. The summed E-state index contributed by atoms with van der Waals surface area (Å²) in [7, 11) is 0. The second kappa shape index (κ2) is 2.90. The fourth-order valence-corrected chi connectivity index (χ4v) is 1.61. The van der Waals surface area contributed by atoms with Crippen molar-refractivity contribution in [3.8, 4) is 0 Å². The zero-order valence-corrected chi connectivity index (χ0v) is 6.58. The normalized spacial score (nSPS) is 34.2. The highest BCUT2D eigenvalue weighted by molar-refractivity contribution is 8.00. The lowest BCUT2D eigenvalue weighted by molar-refractivity contribution is -0.102. The number of carbonyl (C=O) groups excluding carboxylic acids is 1. The summed E-state index contributed by atoms with van der Waals surface area (Å²) in [5.41, 5.74) is 0.335. The van der Waals surface area contributed by atoms with E-state index in [4.69, 9.17) is 23.2 Å². The maximum absolute atomic E-state index is 10.1. The minimum Gasteiger partial charge on any atom is -0.296 e. The number of aldehydes is 1. The van der Waals surface area contributed by atoms with Crippen LogP contribution in [0.2, 0.25) is 0 Å². The number of rotatable bonds is 1. The van der Waals surface area contributed by atoms with Crippen LogP contribution in [0, 0.1) is 0 Å². The molecule has 0 fully saturated rings. The number of alkyl halides is 2. The van der Waals surface area contributed by atoms with E-state index >= 15 is 0 Å². The molecule has 1 aliphatic heterocycles. The first-order chi connectivity index (χ1) is 4.25. The van der Waals surface area contributed by atoms with Crippen LogP contribution in [0.15, 0.2) is 4.40 Å². The predicted octanol–water partition coefficient (Wildman–Crippen LogP) is 1.46. The molecule has 0 saturated carbocycles. The third-order valence-electron chi connectivity index (χ3n) is 0.892. The molecule has 1 aliphatic rings. The molecule has 1 heterocycles. The molecule has 0 aromatic heterocycles. The third-order valence-corrected chi connectivity index (χ3v) is 2.93. The number of hydrogen-bond acceptors (Lipinski definition) is 3. The van der Waals surface area contributed by atoms with Crippen LogP contribution in [0.25, 0.3) is 0 Å². The van der Waals surface area contributed by atoms with E-state index in [2.05, 4.69) is 4.40 Å². The molecule has 1 rings (SSSR count). The standard InChI is InChI=1S/C4H3Cl2NOS/c5-3-2(1-8)7-9-4(3)6/h1,3-4H. The van der Waals surface area contributed by atoms with E-state index in [-0.39, 0.29) is 4.71 Å². The van der Waals surface area contributed by atoms with E-state index in [1.807, 2.05) is 0 Å². The Bertz CT molecular complexity index is 161. The van der Waals surface area contributed by atoms with Crippen molar-refractivity contribution in [2.75, 3.05) is 0 Å². The molecule has 0 aromatic carbocycles. The second-order valence-corrected chi connectivity index (χ2v) is 3.59. The summed E-state index contributed by atoms with van der Waals surface area (Å²) in [6.45, 7) is 0. The van der Waals surface area contributed by atoms with Gasteiger partial charge in [-0.05, 0) is 11.9 Å². The lowest BCUT2D eigenvalue weighted by Gasteiger charge is -1.99. The lowest BCUT2D eigenvalue weighted by Crippen LogP contribution is -2.17. The van der Waals surface area contributed by atoms with Crippen molar-refractivity contribution in [1.29, 1.82) is 0 Å². The van der Waals surface area contributed by atoms with Crippen molar-refractivity contribution in [3.05, 3.63) is 0 Å². The summed E-state index contributed by atoms with van der Waals surface area (Å²) in [5.74, 6) is 0. The predicted molar refractivity (Wildman–Crippen MR) is 40.4 cm³/mol. The first kappa shape index (κ1) is 7.38. The number of hydrogen-bond donors (Lipinski definition) is 0. The van der Waals surface area contributed by atoms with Crippen molar-refractivity contribution in [3.63, 3.8) is 0 Å². The summed E-state index contributed by atoms with van der Waals surface area (Å²) in [6, 6.07) is 0. The molecule has 0 radical (unpaired) electrons. The summed E-state index contributed by atoms with van der Waals surface area (Å²) < 4.78 is 3.43. The highest BCUT2D eigenvalue weighted by Crippen LogP contribution is 2.31. The summed E-state index contributed by atoms with van der Waals surface area (Å²) >= 11 is 12.3. The molecular formula is C4H3Cl2NOS. The summed E-state index contributed by atoms with van der Waals surface area (Å²) in [4.78, 5) is 10.1. The van der Waals surface area contributed by atoms with Gasteiger partial charge in [0.1, 0.15) is 15.8 Å². The van der Waals surface area contributed by atoms with Crippen LogP contribution < -0.4 is 0 Å². The molecular weight excluding hydrogens is 181 g/mol. The van der Waals surface area contributed by atoms with Gasteiger partial charge < -0.3 is 0 Å². The average Bonchev–Trinajstić information content (AvgIpc) is 2.15. The molecule has 0 amide bonds. The minimum absolute atomic E-state index is 0.285. The van der Waals surface area contributed by atoms with E-state index in [1.165, 1.54) is 0 Å². The quantitative estimate of drug-likeness (QED) is 0.350. The van der Waals surface area contributed by atoms with Crippen molar-refractivity contribution >= 4 is 47.1 Å². The van der Waals surface area contributed by atoms with Gasteiger partial charge in [-0.15, -0.1) is 23.2 Å². The molecule has 0 aliphatic carbocycles. The molecule has 0 N–H and O–H groups in total. The molecule has 9 heavy (non-hydrogen) atoms. The maximum atomic E-state index is 10.1. The van der Waals surface area contributed by atoms with Gasteiger partial charge in [-0.3, -0.25) is 4.79 Å². The zero-order valence-electron chi connectivity index (χ0n) is 4.25. The molecule has 0 saturated heterocycles. The molecule has 5 heteroatoms. The number of nitrogens with zero attached hydrogens (tertiary/aromatic N) is 1. The van der Waals surface area contributed by atoms with Crippen LogP contribution in [0.3, 0.4) is 0 Å². The molecule has 50 valence electrons. The summed E-state index contributed by atoms with van der Waals surface area (Å²) in [6.07, 6.45) is 0.632. The van der Waals surface area contributed by atoms with Gasteiger partial charge in [0.05, 0.1) is 0 Å². The van der Waals surface area contributed by atoms with Crippen LogP contribution in [-0.4, -0.2) is 22.1 Å². The number of halogens is 2. The Morgan fingerprint density at radius 2 is 2.33 bits per heavy atom. The van der Waals surface area contributed by atoms with E-state index in [0.29, 0.717) is 12.0 Å². The van der Waals surface area contributed by atoms with Gasteiger partial charge >= 0.3 is 0 Å². The Kier molecular flexibility index (Phi) is 2.38. The van der Waals surface area contributed by atoms with Crippen molar-refractivity contribution in [2.45, 2.75) is 10.1 Å². The van der Waals surface area contributed by atoms with Gasteiger partial charge in [0.2, 0.25) is 0 Å². The SMILES string of the molecule is O=CC1=NSC(Cl)C1Cl. The van der Waals surface area contributed by atoms with Gasteiger partial charge in [0.25, 0.3) is 0 Å². The van der Waals surface area contributed by atoms with E-state index in [0.717, 1.165) is 11.9 Å². The topological polar surface area (TPSA) is 29.4 Å². The van der Waals surface area contributed by atoms with Crippen molar-refractivity contribution in [1.82, 2.24) is 0 Å². The highest BCUT2D eigenvalue weighted by atomic mass is 35.5. The monoisotopic (exact) mass is 183 g/mol. The third kappa shape index (κ3) is 1.39. The van der Waals surface area contributed by atoms with Crippen LogP contribution in [-0.2, 0) is 4.79 Å². The van der Waals surface area contributed by atoms with Gasteiger partial charge in [-0.1, -0.05) is 0 Å². The smallest absolute Gasteiger partial charge is 0.166 e. The van der Waals surface area contributed by atoms with E-state index < -0.39 is 5.38 Å². The molecule has 0 bridgehead atoms. The van der Waals surface area contributed by atoms with E-state index in [9.17, 15) is 4.79 Å². The average molecular weight is 184 g/mol. The van der Waals surface area contributed by atoms with Crippen LogP contribution in [0.5, 0.6) is 0 Å². The number of carbonyl (C=O) groups is 1. The van der Waals surface area contributed by atoms with Gasteiger partial charge in [0.15, 0.2) is 6.29 Å². The first-order valence-electron chi connectivity index (χ1n) is 2.22. The van der Waals surface area contributed by atoms with Crippen molar-refractivity contribution < 1.29 is 4.79 Å². The lowest BCUT2D eigenvalue weighted by atomic mass is 10.3. The largest absolute Gasteiger partial charge is 0.296 e. The highest BCUT2D eigenvalue weighted by Gasteiger charge is 2.28. The van der Waals surface area contributed by atoms with Crippen LogP contribution in [0.4, 0.5) is 0 Å². The zero-order chi connectivity index (χ0) is 6.85. The maximum Gasteiger partial charge on any atom is 0.166 e. The van der Waals surface area contributed by atoms with E-state index in [1.54, 1.807) is 0 Å². The minimum atomic E-state index is -0.422. The first-order valence-corrected chi connectivity index (χ1v) is 3.93. The fourth-order valence-electron chi connectivity index (χ4n) is 0.436. The molecule has 2 unspecified atom stereocenters. The second-order valence-electron chi connectivity index (χ2n) is 1.49. The van der Waals surface area contributed by atoms with Crippen LogP contribution in [0.1, 0.15) is 0 Å². The Balaban J connectivity index is 2.66. The van der Waals surface area contributed by atoms with Gasteiger partial charge in [-0.25, -0.2) is 4.40 Å². The Hall–Kier alpha value is 0.270.